The molecule has 0 fully saturated rings. The number of aromatic amines is 1. The van der Waals surface area contributed by atoms with Crippen LogP contribution in [0.1, 0.15) is 12.6 Å². The van der Waals surface area contributed by atoms with Gasteiger partial charge in [-0.2, -0.15) is 5.10 Å². The normalized spacial score (nSPS) is 12.5. The van der Waals surface area contributed by atoms with Gasteiger partial charge in [-0.05, 0) is 20.0 Å². The number of hydrogen-bond acceptors (Lipinski definition) is 3. The predicted molar refractivity (Wildman–Crippen MR) is 49.0 cm³/mol. The van der Waals surface area contributed by atoms with E-state index in [9.17, 15) is 4.79 Å². The number of carbonyl (C=O) groups is 1. The first-order valence-electron chi connectivity index (χ1n) is 4.17. The summed E-state index contributed by atoms with van der Waals surface area (Å²) in [5, 5.41) is 12.2. The minimum absolute atomic E-state index is 0.0166. The lowest BCUT2D eigenvalue weighted by molar-refractivity contribution is -0.122. The van der Waals surface area contributed by atoms with E-state index in [-0.39, 0.29) is 11.9 Å². The summed E-state index contributed by atoms with van der Waals surface area (Å²) >= 11 is 0. The molecule has 13 heavy (non-hydrogen) atoms. The Bertz CT molecular complexity index is 257. The molecule has 1 heterocycles. The minimum atomic E-state index is -0.164. The van der Waals surface area contributed by atoms with Crippen LogP contribution >= 0.6 is 0 Å². The number of rotatable bonds is 4. The molecule has 5 nitrogen and oxygen atoms in total. The fourth-order valence-electron chi connectivity index (χ4n) is 0.850. The third kappa shape index (κ3) is 2.87. The van der Waals surface area contributed by atoms with E-state index < -0.39 is 0 Å². The van der Waals surface area contributed by atoms with Crippen LogP contribution in [-0.4, -0.2) is 29.2 Å². The summed E-state index contributed by atoms with van der Waals surface area (Å²) < 4.78 is 0. The first-order chi connectivity index (χ1) is 6.24. The molecule has 1 atom stereocenters. The van der Waals surface area contributed by atoms with Crippen LogP contribution in [0.5, 0.6) is 0 Å². The van der Waals surface area contributed by atoms with Crippen molar-refractivity contribution < 1.29 is 4.79 Å². The molecule has 1 amide bonds. The molecule has 1 aromatic heterocycles. The van der Waals surface area contributed by atoms with Crippen LogP contribution < -0.4 is 10.6 Å². The van der Waals surface area contributed by atoms with E-state index in [4.69, 9.17) is 0 Å². The molecule has 0 saturated heterocycles. The maximum atomic E-state index is 11.3. The highest BCUT2D eigenvalue weighted by Gasteiger charge is 2.08. The van der Waals surface area contributed by atoms with Crippen molar-refractivity contribution in [2.45, 2.75) is 19.5 Å². The number of amides is 1. The summed E-state index contributed by atoms with van der Waals surface area (Å²) in [7, 11) is 1.75. The monoisotopic (exact) mass is 182 g/mol. The smallest absolute Gasteiger partial charge is 0.237 e. The number of likely N-dealkylation sites (N-methyl/N-ethyl adjacent to an activating group) is 1. The van der Waals surface area contributed by atoms with Crippen molar-refractivity contribution in [3.63, 3.8) is 0 Å². The van der Waals surface area contributed by atoms with E-state index in [1.165, 1.54) is 0 Å². The topological polar surface area (TPSA) is 69.8 Å². The highest BCUT2D eigenvalue weighted by Crippen LogP contribution is 1.90. The van der Waals surface area contributed by atoms with Crippen LogP contribution in [0.4, 0.5) is 0 Å². The summed E-state index contributed by atoms with van der Waals surface area (Å²) in [4.78, 5) is 11.3. The molecular formula is C8H14N4O. The lowest BCUT2D eigenvalue weighted by Gasteiger charge is -2.09. The zero-order chi connectivity index (χ0) is 9.68. The summed E-state index contributed by atoms with van der Waals surface area (Å²) in [6.45, 7) is 2.30. The van der Waals surface area contributed by atoms with Crippen LogP contribution in [-0.2, 0) is 11.3 Å². The summed E-state index contributed by atoms with van der Waals surface area (Å²) in [6.07, 6.45) is 1.66. The second-order valence-electron chi connectivity index (χ2n) is 2.81. The van der Waals surface area contributed by atoms with Gasteiger partial charge in [0, 0.05) is 6.20 Å². The van der Waals surface area contributed by atoms with Gasteiger partial charge in [0.15, 0.2) is 0 Å². The number of aromatic nitrogens is 2. The Hall–Kier alpha value is -1.36. The molecule has 0 spiro atoms. The molecule has 1 rings (SSSR count). The molecule has 0 aliphatic rings. The lowest BCUT2D eigenvalue weighted by Crippen LogP contribution is -2.40. The average molecular weight is 182 g/mol. The Morgan fingerprint density at radius 3 is 3.08 bits per heavy atom. The van der Waals surface area contributed by atoms with Crippen LogP contribution in [0.3, 0.4) is 0 Å². The third-order valence-corrected chi connectivity index (χ3v) is 1.84. The molecule has 0 radical (unpaired) electrons. The Morgan fingerprint density at radius 1 is 1.77 bits per heavy atom. The van der Waals surface area contributed by atoms with Gasteiger partial charge in [0.05, 0.1) is 18.3 Å². The van der Waals surface area contributed by atoms with E-state index in [2.05, 4.69) is 20.8 Å². The van der Waals surface area contributed by atoms with Crippen molar-refractivity contribution in [2.75, 3.05) is 7.05 Å². The van der Waals surface area contributed by atoms with Crippen LogP contribution in [0.25, 0.3) is 0 Å². The molecule has 0 aliphatic heterocycles. The standard InChI is InChI=1S/C8H14N4O/c1-6(9-2)8(13)10-5-7-3-4-11-12-7/h3-4,6,9H,5H2,1-2H3,(H,10,13)(H,11,12). The minimum Gasteiger partial charge on any atom is -0.349 e. The van der Waals surface area contributed by atoms with Gasteiger partial charge in [0.2, 0.25) is 5.91 Å². The molecular weight excluding hydrogens is 168 g/mol. The van der Waals surface area contributed by atoms with E-state index in [0.717, 1.165) is 5.69 Å². The zero-order valence-electron chi connectivity index (χ0n) is 7.79. The summed E-state index contributed by atoms with van der Waals surface area (Å²) in [5.41, 5.74) is 0.900. The molecule has 72 valence electrons. The molecule has 3 N–H and O–H groups in total. The van der Waals surface area contributed by atoms with Crippen molar-refractivity contribution >= 4 is 5.91 Å². The van der Waals surface area contributed by atoms with Crippen LogP contribution in [0.15, 0.2) is 12.3 Å². The van der Waals surface area contributed by atoms with Crippen molar-refractivity contribution in [2.24, 2.45) is 0 Å². The highest BCUT2D eigenvalue weighted by atomic mass is 16.2. The largest absolute Gasteiger partial charge is 0.349 e. The molecule has 1 aromatic rings. The van der Waals surface area contributed by atoms with Gasteiger partial charge in [-0.15, -0.1) is 0 Å². The Labute approximate surface area is 76.9 Å². The van der Waals surface area contributed by atoms with E-state index in [1.807, 2.05) is 13.0 Å². The van der Waals surface area contributed by atoms with E-state index in [0.29, 0.717) is 6.54 Å². The van der Waals surface area contributed by atoms with Gasteiger partial charge in [0.1, 0.15) is 0 Å². The maximum absolute atomic E-state index is 11.3. The number of nitrogens with one attached hydrogen (secondary N) is 3. The van der Waals surface area contributed by atoms with Gasteiger partial charge >= 0.3 is 0 Å². The van der Waals surface area contributed by atoms with Crippen molar-refractivity contribution in [1.82, 2.24) is 20.8 Å². The number of H-pyrrole nitrogens is 1. The fraction of sp³-hybridized carbons (Fsp3) is 0.500. The highest BCUT2D eigenvalue weighted by molar-refractivity contribution is 5.81. The van der Waals surface area contributed by atoms with Gasteiger partial charge in [0.25, 0.3) is 0 Å². The molecule has 1 unspecified atom stereocenters. The molecule has 5 heteroatoms. The van der Waals surface area contributed by atoms with Crippen molar-refractivity contribution in [1.29, 1.82) is 0 Å². The number of hydrogen-bond donors (Lipinski definition) is 3. The van der Waals surface area contributed by atoms with Gasteiger partial charge in [-0.25, -0.2) is 0 Å². The molecule has 0 bridgehead atoms. The second-order valence-corrected chi connectivity index (χ2v) is 2.81. The zero-order valence-corrected chi connectivity index (χ0v) is 7.79. The first-order valence-corrected chi connectivity index (χ1v) is 4.17. The lowest BCUT2D eigenvalue weighted by atomic mass is 10.3. The maximum Gasteiger partial charge on any atom is 0.237 e. The number of carbonyl (C=O) groups excluding carboxylic acids is 1. The van der Waals surface area contributed by atoms with Crippen molar-refractivity contribution in [3.05, 3.63) is 18.0 Å². The van der Waals surface area contributed by atoms with Crippen LogP contribution in [0, 0.1) is 0 Å². The predicted octanol–water partition coefficient (Wildman–Crippen LogP) is -0.366. The summed E-state index contributed by atoms with van der Waals surface area (Å²) in [6, 6.07) is 1.66. The van der Waals surface area contributed by atoms with Crippen LogP contribution in [0.2, 0.25) is 0 Å². The van der Waals surface area contributed by atoms with Gasteiger partial charge < -0.3 is 10.6 Å². The van der Waals surface area contributed by atoms with E-state index >= 15 is 0 Å². The molecule has 0 saturated carbocycles. The van der Waals surface area contributed by atoms with Crippen molar-refractivity contribution in [3.8, 4) is 0 Å². The Balaban J connectivity index is 2.31. The first kappa shape index (κ1) is 9.73. The third-order valence-electron chi connectivity index (χ3n) is 1.84. The summed E-state index contributed by atoms with van der Waals surface area (Å²) in [5.74, 6) is -0.0166. The molecule has 0 aromatic carbocycles. The Kier molecular flexibility index (Phi) is 3.45. The second kappa shape index (κ2) is 4.61. The quantitative estimate of drug-likeness (QED) is 0.595. The average Bonchev–Trinajstić information content (AvgIpc) is 2.65. The SMILES string of the molecule is CNC(C)C(=O)NCc1ccn[nH]1. The van der Waals surface area contributed by atoms with Gasteiger partial charge in [-0.1, -0.05) is 0 Å². The molecule has 0 aliphatic carbocycles. The van der Waals surface area contributed by atoms with E-state index in [1.54, 1.807) is 13.2 Å². The Morgan fingerprint density at radius 2 is 2.54 bits per heavy atom. The number of nitrogens with zero attached hydrogens (tertiary/aromatic N) is 1. The fourth-order valence-corrected chi connectivity index (χ4v) is 0.850. The van der Waals surface area contributed by atoms with Gasteiger partial charge in [-0.3, -0.25) is 9.89 Å².